The first-order valence-corrected chi connectivity index (χ1v) is 7.62. The van der Waals surface area contributed by atoms with Gasteiger partial charge in [0.05, 0.1) is 0 Å². The molecule has 17 heavy (non-hydrogen) atoms. The van der Waals surface area contributed by atoms with Crippen LogP contribution < -0.4 is 0 Å². The highest BCUT2D eigenvalue weighted by atomic mass is 32.2. The van der Waals surface area contributed by atoms with E-state index in [4.69, 9.17) is 0 Å². The summed E-state index contributed by atoms with van der Waals surface area (Å²) < 4.78 is 2.05. The summed E-state index contributed by atoms with van der Waals surface area (Å²) >= 11 is 2.04. The molecule has 2 aliphatic heterocycles. The normalized spacial score (nSPS) is 28.3. The standard InChI is InChI=1S/C12H19N3OS/c16-7-9-1-3-15-12(6-9)13-11(14-15)5-10-2-4-17-8-10/h9-10,16H,1-8H2. The molecule has 3 rings (SSSR count). The molecule has 2 aliphatic rings. The zero-order chi connectivity index (χ0) is 11.7. The monoisotopic (exact) mass is 253 g/mol. The van der Waals surface area contributed by atoms with E-state index in [1.807, 2.05) is 16.4 Å². The average Bonchev–Trinajstić information content (AvgIpc) is 2.96. The minimum Gasteiger partial charge on any atom is -0.396 e. The summed E-state index contributed by atoms with van der Waals surface area (Å²) in [5.41, 5.74) is 0. The van der Waals surface area contributed by atoms with Gasteiger partial charge in [0.15, 0.2) is 5.82 Å². The van der Waals surface area contributed by atoms with Gasteiger partial charge < -0.3 is 5.11 Å². The fraction of sp³-hybridized carbons (Fsp3) is 0.833. The lowest BCUT2D eigenvalue weighted by atomic mass is 9.99. The predicted molar refractivity (Wildman–Crippen MR) is 68.1 cm³/mol. The van der Waals surface area contributed by atoms with Crippen LogP contribution in [0.15, 0.2) is 0 Å². The van der Waals surface area contributed by atoms with E-state index in [1.54, 1.807) is 0 Å². The van der Waals surface area contributed by atoms with Gasteiger partial charge in [-0.05, 0) is 36.2 Å². The minimum absolute atomic E-state index is 0.279. The van der Waals surface area contributed by atoms with Gasteiger partial charge in [-0.1, -0.05) is 0 Å². The van der Waals surface area contributed by atoms with E-state index in [0.717, 1.165) is 43.4 Å². The van der Waals surface area contributed by atoms with Crippen LogP contribution in [0, 0.1) is 11.8 Å². The van der Waals surface area contributed by atoms with E-state index < -0.39 is 0 Å². The van der Waals surface area contributed by atoms with E-state index >= 15 is 0 Å². The molecule has 0 radical (unpaired) electrons. The van der Waals surface area contributed by atoms with Crippen LogP contribution in [0.4, 0.5) is 0 Å². The Hall–Kier alpha value is -0.550. The van der Waals surface area contributed by atoms with Crippen LogP contribution in [0.5, 0.6) is 0 Å². The van der Waals surface area contributed by atoms with Gasteiger partial charge in [0.1, 0.15) is 5.82 Å². The summed E-state index contributed by atoms with van der Waals surface area (Å²) in [6, 6.07) is 0. The van der Waals surface area contributed by atoms with Gasteiger partial charge in [-0.15, -0.1) is 0 Å². The van der Waals surface area contributed by atoms with Crippen LogP contribution in [0.3, 0.4) is 0 Å². The Bertz CT molecular complexity index is 387. The number of rotatable bonds is 3. The largest absolute Gasteiger partial charge is 0.396 e. The Labute approximate surface area is 106 Å². The maximum atomic E-state index is 9.19. The number of nitrogens with zero attached hydrogens (tertiary/aromatic N) is 3. The number of hydrogen-bond donors (Lipinski definition) is 1. The molecule has 94 valence electrons. The number of hydrogen-bond acceptors (Lipinski definition) is 4. The van der Waals surface area contributed by atoms with E-state index in [-0.39, 0.29) is 6.61 Å². The van der Waals surface area contributed by atoms with Crippen molar-refractivity contribution in [2.24, 2.45) is 11.8 Å². The Morgan fingerprint density at radius 2 is 2.29 bits per heavy atom. The molecule has 0 aliphatic carbocycles. The molecule has 0 saturated carbocycles. The molecule has 0 bridgehead atoms. The highest BCUT2D eigenvalue weighted by Gasteiger charge is 2.23. The molecule has 3 heterocycles. The van der Waals surface area contributed by atoms with Crippen molar-refractivity contribution < 1.29 is 5.11 Å². The molecule has 5 heteroatoms. The molecule has 0 amide bonds. The average molecular weight is 253 g/mol. The van der Waals surface area contributed by atoms with Crippen molar-refractivity contribution in [2.75, 3.05) is 18.1 Å². The van der Waals surface area contributed by atoms with Crippen molar-refractivity contribution in [1.82, 2.24) is 14.8 Å². The molecule has 1 aromatic heterocycles. The van der Waals surface area contributed by atoms with Crippen molar-refractivity contribution in [1.29, 1.82) is 0 Å². The van der Waals surface area contributed by atoms with E-state index in [0.29, 0.717) is 5.92 Å². The fourth-order valence-corrected chi connectivity index (χ4v) is 3.95. The van der Waals surface area contributed by atoms with Crippen LogP contribution in [0.25, 0.3) is 0 Å². The van der Waals surface area contributed by atoms with Crippen molar-refractivity contribution in [3.05, 3.63) is 11.6 Å². The number of thioether (sulfide) groups is 1. The summed E-state index contributed by atoms with van der Waals surface area (Å²) in [4.78, 5) is 4.64. The van der Waals surface area contributed by atoms with Gasteiger partial charge in [0.25, 0.3) is 0 Å². The quantitative estimate of drug-likeness (QED) is 0.877. The van der Waals surface area contributed by atoms with Gasteiger partial charge in [0, 0.05) is 26.0 Å². The lowest BCUT2D eigenvalue weighted by molar-refractivity contribution is 0.196. The van der Waals surface area contributed by atoms with Crippen LogP contribution in [0.2, 0.25) is 0 Å². The molecule has 2 unspecified atom stereocenters. The molecule has 4 nitrogen and oxygen atoms in total. The number of aliphatic hydroxyl groups excluding tert-OH is 1. The number of fused-ring (bicyclic) bond motifs is 1. The Balaban J connectivity index is 1.69. The Morgan fingerprint density at radius 3 is 3.06 bits per heavy atom. The third-order valence-electron chi connectivity index (χ3n) is 3.77. The topological polar surface area (TPSA) is 50.9 Å². The first-order chi connectivity index (χ1) is 8.35. The van der Waals surface area contributed by atoms with Crippen LogP contribution >= 0.6 is 11.8 Å². The molecular formula is C12H19N3OS. The summed E-state index contributed by atoms with van der Waals surface area (Å²) in [6.45, 7) is 1.20. The second kappa shape index (κ2) is 4.98. The van der Waals surface area contributed by atoms with Gasteiger partial charge in [-0.25, -0.2) is 9.67 Å². The molecular weight excluding hydrogens is 234 g/mol. The zero-order valence-corrected chi connectivity index (χ0v) is 10.8. The SMILES string of the molecule is OCC1CCn2nc(CC3CCSC3)nc2C1. The highest BCUT2D eigenvalue weighted by molar-refractivity contribution is 7.99. The molecule has 1 fully saturated rings. The highest BCUT2D eigenvalue weighted by Crippen LogP contribution is 2.26. The lowest BCUT2D eigenvalue weighted by Gasteiger charge is -2.19. The van der Waals surface area contributed by atoms with E-state index in [2.05, 4.69) is 10.1 Å². The van der Waals surface area contributed by atoms with Gasteiger partial charge >= 0.3 is 0 Å². The summed E-state index contributed by atoms with van der Waals surface area (Å²) in [7, 11) is 0. The van der Waals surface area contributed by atoms with Crippen molar-refractivity contribution in [3.63, 3.8) is 0 Å². The van der Waals surface area contributed by atoms with Crippen LogP contribution in [-0.4, -0.2) is 38.0 Å². The third kappa shape index (κ3) is 2.50. The maximum Gasteiger partial charge on any atom is 0.151 e. The van der Waals surface area contributed by atoms with Crippen molar-refractivity contribution in [3.8, 4) is 0 Å². The van der Waals surface area contributed by atoms with Gasteiger partial charge in [-0.3, -0.25) is 0 Å². The molecule has 1 saturated heterocycles. The smallest absolute Gasteiger partial charge is 0.151 e. The summed E-state index contributed by atoms with van der Waals surface area (Å²) in [6.07, 6.45) is 4.28. The molecule has 2 atom stereocenters. The molecule has 1 aromatic rings. The fourth-order valence-electron chi connectivity index (χ4n) is 2.67. The molecule has 0 spiro atoms. The second-order valence-electron chi connectivity index (χ2n) is 5.14. The Morgan fingerprint density at radius 1 is 1.35 bits per heavy atom. The lowest BCUT2D eigenvalue weighted by Crippen LogP contribution is -2.22. The first kappa shape index (κ1) is 11.5. The third-order valence-corrected chi connectivity index (χ3v) is 5.00. The number of aliphatic hydroxyl groups is 1. The summed E-state index contributed by atoms with van der Waals surface area (Å²) in [5, 5.41) is 13.8. The second-order valence-corrected chi connectivity index (χ2v) is 6.29. The summed E-state index contributed by atoms with van der Waals surface area (Å²) in [5.74, 6) is 5.83. The van der Waals surface area contributed by atoms with E-state index in [1.165, 1.54) is 17.9 Å². The Kier molecular flexibility index (Phi) is 3.38. The van der Waals surface area contributed by atoms with Gasteiger partial charge in [-0.2, -0.15) is 16.9 Å². The maximum absolute atomic E-state index is 9.19. The van der Waals surface area contributed by atoms with E-state index in [9.17, 15) is 5.11 Å². The van der Waals surface area contributed by atoms with Crippen molar-refractivity contribution >= 4 is 11.8 Å². The van der Waals surface area contributed by atoms with Crippen LogP contribution in [0.1, 0.15) is 24.5 Å². The number of aromatic nitrogens is 3. The predicted octanol–water partition coefficient (Wildman–Crippen LogP) is 1.13. The zero-order valence-electron chi connectivity index (χ0n) is 10.0. The van der Waals surface area contributed by atoms with Crippen LogP contribution in [-0.2, 0) is 19.4 Å². The molecule has 0 aromatic carbocycles. The molecule has 1 N–H and O–H groups in total. The number of aryl methyl sites for hydroxylation is 1. The van der Waals surface area contributed by atoms with Gasteiger partial charge in [0.2, 0.25) is 0 Å². The first-order valence-electron chi connectivity index (χ1n) is 6.46. The van der Waals surface area contributed by atoms with Crippen molar-refractivity contribution in [2.45, 2.75) is 32.2 Å². The minimum atomic E-state index is 0.279.